The zero-order valence-corrected chi connectivity index (χ0v) is 24.8. The van der Waals surface area contributed by atoms with E-state index in [4.69, 9.17) is 14.1 Å². The number of fused-ring (bicyclic) bond motifs is 2. The van der Waals surface area contributed by atoms with Crippen molar-refractivity contribution in [2.75, 3.05) is 13.2 Å². The van der Waals surface area contributed by atoms with E-state index in [9.17, 15) is 4.79 Å². The third-order valence-corrected chi connectivity index (χ3v) is 13.0. The van der Waals surface area contributed by atoms with E-state index in [0.717, 1.165) is 39.8 Å². The Balaban J connectivity index is 1.38. The first-order valence-electron chi connectivity index (χ1n) is 14.0. The fourth-order valence-corrected chi connectivity index (χ4v) is 6.66. The molecule has 1 aliphatic rings. The van der Waals surface area contributed by atoms with Gasteiger partial charge in [0.15, 0.2) is 14.0 Å². The van der Waals surface area contributed by atoms with Gasteiger partial charge >= 0.3 is 5.69 Å². The number of ether oxygens (including phenoxy) is 1. The Morgan fingerprint density at radius 3 is 2.58 bits per heavy atom. The summed E-state index contributed by atoms with van der Waals surface area (Å²) in [6.07, 6.45) is 6.45. The summed E-state index contributed by atoms with van der Waals surface area (Å²) in [5, 5.41) is 1.16. The minimum atomic E-state index is -1.94. The Kier molecular flexibility index (Phi) is 6.76. The molecule has 6 rings (SSSR count). The van der Waals surface area contributed by atoms with Crippen LogP contribution in [-0.2, 0) is 15.7 Å². The second kappa shape index (κ2) is 10.1. The zero-order chi connectivity index (χ0) is 28.1. The number of imidazole rings is 1. The summed E-state index contributed by atoms with van der Waals surface area (Å²) >= 11 is 0. The minimum absolute atomic E-state index is 0.0330. The van der Waals surface area contributed by atoms with Crippen molar-refractivity contribution >= 4 is 30.5 Å². The molecule has 1 fully saturated rings. The van der Waals surface area contributed by atoms with Crippen molar-refractivity contribution in [1.29, 1.82) is 0 Å². The number of aromatic nitrogens is 5. The van der Waals surface area contributed by atoms with Gasteiger partial charge in [0.05, 0.1) is 30.5 Å². The summed E-state index contributed by atoms with van der Waals surface area (Å²) < 4.78 is 16.3. The van der Waals surface area contributed by atoms with Gasteiger partial charge in [0.1, 0.15) is 5.65 Å². The molecule has 0 amide bonds. The van der Waals surface area contributed by atoms with Gasteiger partial charge in [0.25, 0.3) is 0 Å². The van der Waals surface area contributed by atoms with Crippen LogP contribution in [0.5, 0.6) is 0 Å². The highest BCUT2D eigenvalue weighted by Crippen LogP contribution is 2.38. The maximum Gasteiger partial charge on any atom is 0.334 e. The smallest absolute Gasteiger partial charge is 0.334 e. The van der Waals surface area contributed by atoms with Crippen molar-refractivity contribution in [2.45, 2.75) is 58.0 Å². The van der Waals surface area contributed by atoms with E-state index in [2.05, 4.69) is 56.0 Å². The second-order valence-electron chi connectivity index (χ2n) is 12.4. The average molecular weight is 556 g/mol. The molecular weight excluding hydrogens is 518 g/mol. The van der Waals surface area contributed by atoms with Crippen LogP contribution in [0.15, 0.2) is 71.9 Å². The third-order valence-electron chi connectivity index (χ3n) is 8.48. The second-order valence-corrected chi connectivity index (χ2v) is 17.2. The fraction of sp³-hybridized carbons (Fsp3) is 0.387. The van der Waals surface area contributed by atoms with E-state index in [-0.39, 0.29) is 22.7 Å². The van der Waals surface area contributed by atoms with Crippen molar-refractivity contribution in [2.24, 2.45) is 5.92 Å². The summed E-state index contributed by atoms with van der Waals surface area (Å²) in [6, 6.07) is 15.9. The highest BCUT2D eigenvalue weighted by atomic mass is 28.4. The zero-order valence-electron chi connectivity index (χ0n) is 23.8. The molecule has 0 radical (unpaired) electrons. The van der Waals surface area contributed by atoms with Gasteiger partial charge in [-0.3, -0.25) is 4.57 Å². The van der Waals surface area contributed by atoms with Crippen molar-refractivity contribution in [1.82, 2.24) is 24.1 Å². The van der Waals surface area contributed by atoms with E-state index in [1.54, 1.807) is 4.57 Å². The minimum Gasteiger partial charge on any atom is -0.412 e. The molecule has 0 spiro atoms. The van der Waals surface area contributed by atoms with Gasteiger partial charge in [0.2, 0.25) is 0 Å². The Hall–Kier alpha value is -3.53. The number of H-pyrrole nitrogens is 1. The molecule has 1 N–H and O–H groups in total. The first-order valence-corrected chi connectivity index (χ1v) is 16.9. The van der Waals surface area contributed by atoms with Gasteiger partial charge in [-0.05, 0) is 54.9 Å². The largest absolute Gasteiger partial charge is 0.412 e. The number of nitrogens with zero attached hydrogens (tertiary/aromatic N) is 4. The Labute approximate surface area is 235 Å². The molecule has 0 saturated carbocycles. The van der Waals surface area contributed by atoms with Crippen LogP contribution < -0.4 is 5.69 Å². The molecule has 1 aromatic carbocycles. The number of pyridine rings is 2. The molecule has 208 valence electrons. The summed E-state index contributed by atoms with van der Waals surface area (Å²) in [6.45, 7) is 13.1. The fourth-order valence-electron chi connectivity index (χ4n) is 5.31. The van der Waals surface area contributed by atoms with Crippen LogP contribution in [0.1, 0.15) is 27.2 Å². The highest BCUT2D eigenvalue weighted by Gasteiger charge is 2.40. The van der Waals surface area contributed by atoms with Crippen LogP contribution in [0.4, 0.5) is 0 Å². The van der Waals surface area contributed by atoms with E-state index in [1.165, 1.54) is 0 Å². The van der Waals surface area contributed by atoms with Gasteiger partial charge in [-0.2, -0.15) is 0 Å². The lowest BCUT2D eigenvalue weighted by Gasteiger charge is -2.41. The lowest BCUT2D eigenvalue weighted by Crippen LogP contribution is -2.47. The predicted molar refractivity (Wildman–Crippen MR) is 161 cm³/mol. The van der Waals surface area contributed by atoms with Crippen LogP contribution in [-0.4, -0.2) is 51.7 Å². The molecule has 8 nitrogen and oxygen atoms in total. The number of hydrogen-bond donors (Lipinski definition) is 1. The van der Waals surface area contributed by atoms with Gasteiger partial charge < -0.3 is 14.1 Å². The summed E-state index contributed by atoms with van der Waals surface area (Å²) in [7, 11) is -1.94. The normalized spacial score (nSPS) is 18.5. The van der Waals surface area contributed by atoms with Crippen LogP contribution in [0.25, 0.3) is 39.0 Å². The number of hydrogen-bond acceptors (Lipinski definition) is 5. The average Bonchev–Trinajstić information content (AvgIpc) is 3.50. The van der Waals surface area contributed by atoms with Crippen LogP contribution in [0.3, 0.4) is 0 Å². The number of para-hydroxylation sites is 1. The van der Waals surface area contributed by atoms with Crippen molar-refractivity contribution in [3.63, 3.8) is 0 Å². The molecule has 5 aromatic rings. The first-order chi connectivity index (χ1) is 19.1. The SMILES string of the molecule is CC(C)(C)[Si](C)(C)OC1COCC(Cn2c(=O)n(-c3ccccc3)c3ncc(-c4cnc5[nH]ccc5c4)cc32)C1. The third kappa shape index (κ3) is 4.93. The maximum atomic E-state index is 14.0. The molecule has 2 atom stereocenters. The topological polar surface area (TPSA) is 87.0 Å². The summed E-state index contributed by atoms with van der Waals surface area (Å²) in [4.78, 5) is 26.5. The number of rotatable bonds is 6. The number of nitrogens with one attached hydrogen (secondary N) is 1. The Morgan fingerprint density at radius 2 is 1.80 bits per heavy atom. The molecule has 0 bridgehead atoms. The van der Waals surface area contributed by atoms with Crippen molar-refractivity contribution in [3.05, 3.63) is 77.6 Å². The Morgan fingerprint density at radius 1 is 1.05 bits per heavy atom. The molecule has 2 unspecified atom stereocenters. The predicted octanol–water partition coefficient (Wildman–Crippen LogP) is 6.16. The van der Waals surface area contributed by atoms with E-state index in [1.807, 2.05) is 59.6 Å². The monoisotopic (exact) mass is 555 g/mol. The standard InChI is InChI=1S/C31H37N5O3Si/c1-31(2,3)40(4,5)39-26-13-21(19-38-20-26)18-35-27-15-24(23-14-22-11-12-32-28(22)33-16-23)17-34-29(27)36(30(35)37)25-9-7-6-8-10-25/h6-12,14-17,21,26H,13,18-20H2,1-5H3,(H,32,33). The van der Waals surface area contributed by atoms with Gasteiger partial charge in [-0.15, -0.1) is 0 Å². The van der Waals surface area contributed by atoms with Crippen molar-refractivity contribution < 1.29 is 9.16 Å². The molecular formula is C31H37N5O3Si. The first kappa shape index (κ1) is 26.7. The highest BCUT2D eigenvalue weighted by molar-refractivity contribution is 6.74. The van der Waals surface area contributed by atoms with Gasteiger partial charge in [0, 0.05) is 47.6 Å². The molecule has 0 aliphatic carbocycles. The molecule has 4 aromatic heterocycles. The van der Waals surface area contributed by atoms with E-state index >= 15 is 0 Å². The Bertz CT molecular complexity index is 1710. The molecule has 40 heavy (non-hydrogen) atoms. The van der Waals surface area contributed by atoms with Crippen LogP contribution in [0.2, 0.25) is 18.1 Å². The molecule has 9 heteroatoms. The van der Waals surface area contributed by atoms with Gasteiger partial charge in [-0.25, -0.2) is 19.3 Å². The molecule has 1 saturated heterocycles. The van der Waals surface area contributed by atoms with E-state index in [0.29, 0.717) is 25.4 Å². The molecule has 1 aliphatic heterocycles. The molecule has 5 heterocycles. The number of benzene rings is 1. The summed E-state index contributed by atoms with van der Waals surface area (Å²) in [5.41, 5.74) is 4.85. The quantitative estimate of drug-likeness (QED) is 0.254. The van der Waals surface area contributed by atoms with E-state index < -0.39 is 8.32 Å². The van der Waals surface area contributed by atoms with Gasteiger partial charge in [-0.1, -0.05) is 39.0 Å². The maximum absolute atomic E-state index is 14.0. The lowest BCUT2D eigenvalue weighted by molar-refractivity contribution is -0.0338. The van der Waals surface area contributed by atoms with Crippen LogP contribution in [0, 0.1) is 5.92 Å². The van der Waals surface area contributed by atoms with Crippen molar-refractivity contribution in [3.8, 4) is 16.8 Å². The van der Waals surface area contributed by atoms with Crippen LogP contribution >= 0.6 is 0 Å². The lowest BCUT2D eigenvalue weighted by atomic mass is 10.0. The summed E-state index contributed by atoms with van der Waals surface area (Å²) in [5.74, 6) is 0.151. The number of aromatic amines is 1.